The minimum atomic E-state index is -0.225. The maximum atomic E-state index is 12.3. The zero-order valence-corrected chi connectivity index (χ0v) is 12.6. The SMILES string of the molecule is Cl.O=C(Nc1ccc2c(c1)CCN2)c1cc2ccccc2o1. The smallest absolute Gasteiger partial charge is 0.291 e. The molecule has 2 heterocycles. The van der Waals surface area contributed by atoms with Crippen LogP contribution in [0.5, 0.6) is 0 Å². The van der Waals surface area contributed by atoms with Gasteiger partial charge in [0.15, 0.2) is 5.76 Å². The van der Waals surface area contributed by atoms with Crippen LogP contribution in [0.25, 0.3) is 11.0 Å². The number of fused-ring (bicyclic) bond motifs is 2. The molecule has 4 nitrogen and oxygen atoms in total. The molecule has 3 aromatic rings. The number of benzene rings is 2. The summed E-state index contributed by atoms with van der Waals surface area (Å²) >= 11 is 0. The molecule has 4 rings (SSSR count). The van der Waals surface area contributed by atoms with E-state index in [1.807, 2.05) is 42.5 Å². The van der Waals surface area contributed by atoms with Gasteiger partial charge in [0.25, 0.3) is 5.91 Å². The fourth-order valence-corrected chi connectivity index (χ4v) is 2.67. The molecule has 0 fully saturated rings. The van der Waals surface area contributed by atoms with E-state index >= 15 is 0 Å². The number of hydrogen-bond acceptors (Lipinski definition) is 3. The van der Waals surface area contributed by atoms with Crippen LogP contribution in [0.1, 0.15) is 16.1 Å². The lowest BCUT2D eigenvalue weighted by Crippen LogP contribution is -2.10. The summed E-state index contributed by atoms with van der Waals surface area (Å²) in [6.45, 7) is 0.955. The molecule has 0 unspecified atom stereocenters. The first-order valence-electron chi connectivity index (χ1n) is 6.96. The van der Waals surface area contributed by atoms with Crippen LogP contribution in [-0.2, 0) is 6.42 Å². The van der Waals surface area contributed by atoms with Gasteiger partial charge in [0, 0.05) is 23.3 Å². The van der Waals surface area contributed by atoms with Gasteiger partial charge in [-0.05, 0) is 42.3 Å². The highest BCUT2D eigenvalue weighted by Gasteiger charge is 2.14. The molecular weight excluding hydrogens is 300 g/mol. The molecule has 112 valence electrons. The fraction of sp³-hybridized carbons (Fsp3) is 0.118. The number of furan rings is 1. The Bertz CT molecular complexity index is 809. The van der Waals surface area contributed by atoms with E-state index in [2.05, 4.69) is 10.6 Å². The number of anilines is 2. The molecule has 0 saturated heterocycles. The van der Waals surface area contributed by atoms with E-state index in [0.717, 1.165) is 35.3 Å². The summed E-state index contributed by atoms with van der Waals surface area (Å²) in [5.41, 5.74) is 3.90. The summed E-state index contributed by atoms with van der Waals surface area (Å²) in [6, 6.07) is 15.3. The van der Waals surface area contributed by atoms with Gasteiger partial charge in [-0.2, -0.15) is 0 Å². The molecule has 5 heteroatoms. The predicted molar refractivity (Wildman–Crippen MR) is 90.1 cm³/mol. The van der Waals surface area contributed by atoms with Crippen LogP contribution < -0.4 is 10.6 Å². The molecule has 1 aliphatic rings. The third-order valence-corrected chi connectivity index (χ3v) is 3.72. The van der Waals surface area contributed by atoms with Crippen molar-refractivity contribution in [2.45, 2.75) is 6.42 Å². The summed E-state index contributed by atoms with van der Waals surface area (Å²) in [7, 11) is 0. The van der Waals surface area contributed by atoms with Crippen molar-refractivity contribution in [1.82, 2.24) is 0 Å². The van der Waals surface area contributed by atoms with E-state index < -0.39 is 0 Å². The molecule has 0 saturated carbocycles. The number of nitrogens with one attached hydrogen (secondary N) is 2. The predicted octanol–water partition coefficient (Wildman–Crippen LogP) is 4.07. The second-order valence-electron chi connectivity index (χ2n) is 5.15. The van der Waals surface area contributed by atoms with Gasteiger partial charge in [-0.15, -0.1) is 12.4 Å². The minimum Gasteiger partial charge on any atom is -0.451 e. The monoisotopic (exact) mass is 314 g/mol. The highest BCUT2D eigenvalue weighted by Crippen LogP contribution is 2.26. The van der Waals surface area contributed by atoms with Gasteiger partial charge in [0.1, 0.15) is 5.58 Å². The van der Waals surface area contributed by atoms with Crippen molar-refractivity contribution < 1.29 is 9.21 Å². The van der Waals surface area contributed by atoms with Crippen molar-refractivity contribution in [3.8, 4) is 0 Å². The zero-order chi connectivity index (χ0) is 14.2. The van der Waals surface area contributed by atoms with Crippen LogP contribution in [0.2, 0.25) is 0 Å². The quantitative estimate of drug-likeness (QED) is 0.749. The number of rotatable bonds is 2. The Hall–Kier alpha value is -2.46. The number of halogens is 1. The average molecular weight is 315 g/mol. The minimum absolute atomic E-state index is 0. The van der Waals surface area contributed by atoms with Gasteiger partial charge < -0.3 is 15.1 Å². The number of amides is 1. The van der Waals surface area contributed by atoms with Crippen LogP contribution in [0.4, 0.5) is 11.4 Å². The molecule has 0 bridgehead atoms. The van der Waals surface area contributed by atoms with E-state index in [0.29, 0.717) is 5.76 Å². The lowest BCUT2D eigenvalue weighted by Gasteiger charge is -2.05. The van der Waals surface area contributed by atoms with Crippen LogP contribution in [0.15, 0.2) is 52.9 Å². The van der Waals surface area contributed by atoms with Crippen LogP contribution in [-0.4, -0.2) is 12.5 Å². The first-order chi connectivity index (χ1) is 10.3. The first-order valence-corrected chi connectivity index (χ1v) is 6.96. The number of carbonyl (C=O) groups excluding carboxylic acids is 1. The third kappa shape index (κ3) is 2.53. The second kappa shape index (κ2) is 5.73. The summed E-state index contributed by atoms with van der Waals surface area (Å²) in [5.74, 6) is 0.104. The Kier molecular flexibility index (Phi) is 3.77. The zero-order valence-electron chi connectivity index (χ0n) is 11.8. The van der Waals surface area contributed by atoms with Gasteiger partial charge in [-0.25, -0.2) is 0 Å². The largest absolute Gasteiger partial charge is 0.451 e. The molecule has 0 radical (unpaired) electrons. The van der Waals surface area contributed by atoms with Gasteiger partial charge in [-0.1, -0.05) is 18.2 Å². The van der Waals surface area contributed by atoms with Crippen molar-refractivity contribution in [3.63, 3.8) is 0 Å². The van der Waals surface area contributed by atoms with Gasteiger partial charge in [0.2, 0.25) is 0 Å². The Balaban J connectivity index is 0.00000144. The van der Waals surface area contributed by atoms with Gasteiger partial charge in [0.05, 0.1) is 0 Å². The van der Waals surface area contributed by atoms with Crippen molar-refractivity contribution >= 4 is 40.7 Å². The topological polar surface area (TPSA) is 54.3 Å². The number of hydrogen-bond donors (Lipinski definition) is 2. The summed E-state index contributed by atoms with van der Waals surface area (Å²) < 4.78 is 5.57. The van der Waals surface area contributed by atoms with Gasteiger partial charge in [-0.3, -0.25) is 4.79 Å². The average Bonchev–Trinajstić information content (AvgIpc) is 3.13. The first kappa shape index (κ1) is 14.5. The van der Waals surface area contributed by atoms with Crippen LogP contribution in [0, 0.1) is 0 Å². The van der Waals surface area contributed by atoms with Crippen molar-refractivity contribution in [3.05, 3.63) is 59.9 Å². The van der Waals surface area contributed by atoms with E-state index in [1.165, 1.54) is 5.56 Å². The molecular formula is C17H15ClN2O2. The highest BCUT2D eigenvalue weighted by molar-refractivity contribution is 6.04. The maximum Gasteiger partial charge on any atom is 0.291 e. The molecule has 0 aliphatic carbocycles. The molecule has 0 atom stereocenters. The van der Waals surface area contributed by atoms with Crippen LogP contribution >= 0.6 is 12.4 Å². The Morgan fingerprint density at radius 2 is 2.00 bits per heavy atom. The summed E-state index contributed by atoms with van der Waals surface area (Å²) in [6.07, 6.45) is 0.990. The van der Waals surface area contributed by atoms with E-state index in [9.17, 15) is 4.79 Å². The number of para-hydroxylation sites is 1. The second-order valence-corrected chi connectivity index (χ2v) is 5.15. The molecule has 2 N–H and O–H groups in total. The molecule has 1 aromatic heterocycles. The standard InChI is InChI=1S/C17H14N2O2.ClH/c20-17(16-10-12-3-1-2-4-15(12)21-16)19-13-5-6-14-11(9-13)7-8-18-14;/h1-6,9-10,18H,7-8H2,(H,19,20);1H. The molecule has 1 amide bonds. The molecule has 0 spiro atoms. The Morgan fingerprint density at radius 3 is 2.86 bits per heavy atom. The summed E-state index contributed by atoms with van der Waals surface area (Å²) in [5, 5.41) is 7.12. The van der Waals surface area contributed by atoms with E-state index in [-0.39, 0.29) is 18.3 Å². The highest BCUT2D eigenvalue weighted by atomic mass is 35.5. The molecule has 22 heavy (non-hydrogen) atoms. The Morgan fingerprint density at radius 1 is 1.14 bits per heavy atom. The molecule has 1 aliphatic heterocycles. The maximum absolute atomic E-state index is 12.3. The van der Waals surface area contributed by atoms with Crippen LogP contribution in [0.3, 0.4) is 0 Å². The van der Waals surface area contributed by atoms with Crippen molar-refractivity contribution in [2.75, 3.05) is 17.2 Å². The third-order valence-electron chi connectivity index (χ3n) is 3.72. The molecule has 2 aromatic carbocycles. The van der Waals surface area contributed by atoms with Crippen molar-refractivity contribution in [1.29, 1.82) is 0 Å². The fourth-order valence-electron chi connectivity index (χ4n) is 2.67. The van der Waals surface area contributed by atoms with E-state index in [1.54, 1.807) is 6.07 Å². The van der Waals surface area contributed by atoms with E-state index in [4.69, 9.17) is 4.42 Å². The normalized spacial score (nSPS) is 12.4. The Labute approximate surface area is 133 Å². The summed E-state index contributed by atoms with van der Waals surface area (Å²) in [4.78, 5) is 12.3. The number of carbonyl (C=O) groups is 1. The lowest BCUT2D eigenvalue weighted by atomic mass is 10.1. The lowest BCUT2D eigenvalue weighted by molar-refractivity contribution is 0.0998. The van der Waals surface area contributed by atoms with Crippen molar-refractivity contribution in [2.24, 2.45) is 0 Å². The van der Waals surface area contributed by atoms with Gasteiger partial charge >= 0.3 is 0 Å².